The Morgan fingerprint density at radius 2 is 2.57 bits per heavy atom. The van der Waals surface area contributed by atoms with E-state index in [0.29, 0.717) is 0 Å². The highest BCUT2D eigenvalue weighted by Gasteiger charge is 2.20. The third-order valence-corrected chi connectivity index (χ3v) is 2.61. The number of nitrogens with one attached hydrogen (secondary N) is 1. The van der Waals surface area contributed by atoms with E-state index in [1.165, 1.54) is 0 Å². The summed E-state index contributed by atoms with van der Waals surface area (Å²) in [6.45, 7) is 1.08. The third-order valence-electron chi connectivity index (χ3n) is 2.61. The number of hydrogen-bond donors (Lipinski definition) is 3. The predicted octanol–water partition coefficient (Wildman–Crippen LogP) is 0.858. The number of aliphatic hydroxyl groups excluding tert-OH is 1. The van der Waals surface area contributed by atoms with Crippen molar-refractivity contribution in [1.82, 2.24) is 4.98 Å². The summed E-state index contributed by atoms with van der Waals surface area (Å²) in [7, 11) is 0. The lowest BCUT2D eigenvalue weighted by atomic mass is 10.1. The van der Waals surface area contributed by atoms with Crippen LogP contribution in [0.4, 0.5) is 0 Å². The molecule has 1 aromatic heterocycles. The van der Waals surface area contributed by atoms with Gasteiger partial charge in [0.2, 0.25) is 0 Å². The van der Waals surface area contributed by atoms with Crippen molar-refractivity contribution in [2.45, 2.75) is 25.0 Å². The molecule has 0 aliphatic carbocycles. The molecule has 0 bridgehead atoms. The van der Waals surface area contributed by atoms with Gasteiger partial charge in [-0.3, -0.25) is 0 Å². The van der Waals surface area contributed by atoms with Crippen LogP contribution in [-0.2, 0) is 4.74 Å². The maximum Gasteiger partial charge on any atom is 0.0973 e. The van der Waals surface area contributed by atoms with Crippen LogP contribution in [0.5, 0.6) is 0 Å². The summed E-state index contributed by atoms with van der Waals surface area (Å²) in [6, 6.07) is 1.94. The Balaban J connectivity index is 2.08. The van der Waals surface area contributed by atoms with Crippen LogP contribution in [0.3, 0.4) is 0 Å². The minimum absolute atomic E-state index is 0.175. The number of H-pyrrole nitrogens is 1. The fraction of sp³-hybridized carbons (Fsp3) is 0.600. The molecule has 0 aromatic carbocycles. The van der Waals surface area contributed by atoms with Gasteiger partial charge in [0, 0.05) is 25.0 Å². The predicted molar refractivity (Wildman–Crippen MR) is 52.7 cm³/mol. The van der Waals surface area contributed by atoms with Gasteiger partial charge in [0.25, 0.3) is 0 Å². The summed E-state index contributed by atoms with van der Waals surface area (Å²) in [5.74, 6) is 0. The molecule has 2 unspecified atom stereocenters. The highest BCUT2D eigenvalue weighted by molar-refractivity contribution is 5.21. The molecule has 1 aromatic rings. The van der Waals surface area contributed by atoms with E-state index in [1.54, 1.807) is 6.20 Å². The molecular formula is C10H16N2O2. The first kappa shape index (κ1) is 9.71. The van der Waals surface area contributed by atoms with Crippen molar-refractivity contribution in [3.8, 4) is 0 Å². The average molecular weight is 196 g/mol. The average Bonchev–Trinajstić information content (AvgIpc) is 2.86. The number of rotatable bonds is 3. The Morgan fingerprint density at radius 3 is 3.21 bits per heavy atom. The molecule has 0 amide bonds. The maximum absolute atomic E-state index is 9.50. The van der Waals surface area contributed by atoms with Crippen molar-refractivity contribution in [1.29, 1.82) is 0 Å². The Bertz CT molecular complexity index is 292. The van der Waals surface area contributed by atoms with Crippen molar-refractivity contribution < 1.29 is 9.84 Å². The van der Waals surface area contributed by atoms with E-state index in [1.807, 2.05) is 6.07 Å². The summed E-state index contributed by atoms with van der Waals surface area (Å²) in [5, 5.41) is 9.50. The summed E-state index contributed by atoms with van der Waals surface area (Å²) >= 11 is 0. The van der Waals surface area contributed by atoms with Crippen molar-refractivity contribution in [3.63, 3.8) is 0 Å². The molecule has 0 radical (unpaired) electrons. The minimum atomic E-state index is -0.568. The van der Waals surface area contributed by atoms with E-state index in [2.05, 4.69) is 4.98 Å². The van der Waals surface area contributed by atoms with E-state index >= 15 is 0 Å². The van der Waals surface area contributed by atoms with Crippen molar-refractivity contribution >= 4 is 0 Å². The molecular weight excluding hydrogens is 180 g/mol. The van der Waals surface area contributed by atoms with Gasteiger partial charge in [0.05, 0.1) is 12.2 Å². The zero-order chi connectivity index (χ0) is 9.97. The van der Waals surface area contributed by atoms with Crippen LogP contribution < -0.4 is 5.73 Å². The molecule has 1 saturated heterocycles. The van der Waals surface area contributed by atoms with Gasteiger partial charge in [-0.25, -0.2) is 0 Å². The van der Waals surface area contributed by atoms with E-state index in [4.69, 9.17) is 10.5 Å². The summed E-state index contributed by atoms with van der Waals surface area (Å²) < 4.78 is 5.52. The zero-order valence-electron chi connectivity index (χ0n) is 8.07. The molecule has 2 rings (SSSR count). The fourth-order valence-electron chi connectivity index (χ4n) is 1.77. The molecule has 1 fully saturated rings. The van der Waals surface area contributed by atoms with Gasteiger partial charge in [0.1, 0.15) is 0 Å². The highest BCUT2D eigenvalue weighted by Crippen LogP contribution is 2.28. The quantitative estimate of drug-likeness (QED) is 0.671. The molecule has 4 N–H and O–H groups in total. The van der Waals surface area contributed by atoms with E-state index in [0.717, 1.165) is 30.7 Å². The van der Waals surface area contributed by atoms with Crippen LogP contribution in [-0.4, -0.2) is 23.2 Å². The van der Waals surface area contributed by atoms with Crippen LogP contribution in [0.15, 0.2) is 12.3 Å². The molecule has 1 aliphatic rings. The monoisotopic (exact) mass is 196 g/mol. The number of hydrogen-bond acceptors (Lipinski definition) is 3. The van der Waals surface area contributed by atoms with E-state index < -0.39 is 6.10 Å². The molecule has 2 atom stereocenters. The largest absolute Gasteiger partial charge is 0.387 e. The van der Waals surface area contributed by atoms with Gasteiger partial charge in [-0.05, 0) is 24.5 Å². The van der Waals surface area contributed by atoms with Crippen LogP contribution in [0.1, 0.15) is 36.3 Å². The van der Waals surface area contributed by atoms with E-state index in [9.17, 15) is 5.11 Å². The summed E-state index contributed by atoms with van der Waals surface area (Å²) in [5.41, 5.74) is 7.26. The second kappa shape index (κ2) is 4.13. The topological polar surface area (TPSA) is 71.3 Å². The number of aromatic nitrogens is 1. The van der Waals surface area contributed by atoms with Crippen molar-refractivity contribution in [3.05, 3.63) is 23.5 Å². The molecule has 0 spiro atoms. The standard InChI is InChI=1S/C10H16N2O2/c11-5-9(13)7-4-8(12-6-7)10-2-1-3-14-10/h4,6,9-10,12-13H,1-3,5,11H2. The van der Waals surface area contributed by atoms with E-state index in [-0.39, 0.29) is 12.6 Å². The smallest absolute Gasteiger partial charge is 0.0973 e. The van der Waals surface area contributed by atoms with Crippen LogP contribution in [0.25, 0.3) is 0 Å². The van der Waals surface area contributed by atoms with Crippen LogP contribution in [0, 0.1) is 0 Å². The van der Waals surface area contributed by atoms with Crippen LogP contribution >= 0.6 is 0 Å². The SMILES string of the molecule is NCC(O)c1c[nH]c(C2CCCO2)c1. The zero-order valence-corrected chi connectivity index (χ0v) is 8.07. The number of nitrogens with two attached hydrogens (primary N) is 1. The van der Waals surface area contributed by atoms with Crippen LogP contribution in [0.2, 0.25) is 0 Å². The Morgan fingerprint density at radius 1 is 1.71 bits per heavy atom. The van der Waals surface area contributed by atoms with Crippen molar-refractivity contribution in [2.24, 2.45) is 5.73 Å². The maximum atomic E-state index is 9.50. The fourth-order valence-corrected chi connectivity index (χ4v) is 1.77. The normalized spacial score (nSPS) is 24.0. The van der Waals surface area contributed by atoms with Gasteiger partial charge in [-0.1, -0.05) is 0 Å². The van der Waals surface area contributed by atoms with Gasteiger partial charge < -0.3 is 20.6 Å². The van der Waals surface area contributed by atoms with Gasteiger partial charge in [-0.15, -0.1) is 0 Å². The molecule has 0 saturated carbocycles. The van der Waals surface area contributed by atoms with Gasteiger partial charge in [-0.2, -0.15) is 0 Å². The molecule has 2 heterocycles. The number of aromatic amines is 1. The van der Waals surface area contributed by atoms with Crippen molar-refractivity contribution in [2.75, 3.05) is 13.2 Å². The molecule has 78 valence electrons. The second-order valence-electron chi connectivity index (χ2n) is 3.64. The lowest BCUT2D eigenvalue weighted by molar-refractivity contribution is 0.109. The van der Waals surface area contributed by atoms with Gasteiger partial charge in [0.15, 0.2) is 0 Å². The van der Waals surface area contributed by atoms with Gasteiger partial charge >= 0.3 is 0 Å². The minimum Gasteiger partial charge on any atom is -0.387 e. The lowest BCUT2D eigenvalue weighted by Gasteiger charge is -2.06. The third kappa shape index (κ3) is 1.82. The lowest BCUT2D eigenvalue weighted by Crippen LogP contribution is -2.10. The highest BCUT2D eigenvalue weighted by atomic mass is 16.5. The summed E-state index contributed by atoms with van der Waals surface area (Å²) in [4.78, 5) is 3.12. The first-order valence-corrected chi connectivity index (χ1v) is 4.99. The molecule has 14 heavy (non-hydrogen) atoms. The Hall–Kier alpha value is -0.840. The Labute approximate surface area is 83.1 Å². The Kier molecular flexibility index (Phi) is 2.86. The second-order valence-corrected chi connectivity index (χ2v) is 3.64. The summed E-state index contributed by atoms with van der Waals surface area (Å²) in [6.07, 6.45) is 3.57. The number of ether oxygens (including phenoxy) is 1. The molecule has 4 heteroatoms. The molecule has 1 aliphatic heterocycles. The number of aliphatic hydroxyl groups is 1. The molecule has 4 nitrogen and oxygen atoms in total. The first-order valence-electron chi connectivity index (χ1n) is 4.99. The first-order chi connectivity index (χ1) is 6.81.